The predicted octanol–water partition coefficient (Wildman–Crippen LogP) is 5.20. The minimum Gasteiger partial charge on any atom is -0.481 e. The second-order valence-corrected chi connectivity index (χ2v) is 8.13. The summed E-state index contributed by atoms with van der Waals surface area (Å²) < 4.78 is 0. The highest BCUT2D eigenvalue weighted by atomic mass is 16.4. The first-order chi connectivity index (χ1) is 12.3. The molecule has 0 amide bonds. The first kappa shape index (κ1) is 22.6. The van der Waals surface area contributed by atoms with Gasteiger partial charge in [0.25, 0.3) is 0 Å². The Labute approximate surface area is 158 Å². The number of carboxylic acids is 1. The van der Waals surface area contributed by atoms with Crippen LogP contribution in [-0.4, -0.2) is 28.1 Å². The van der Waals surface area contributed by atoms with Gasteiger partial charge in [0.1, 0.15) is 0 Å². The Morgan fingerprint density at radius 1 is 1.15 bits per heavy atom. The molecule has 0 aliphatic heterocycles. The van der Waals surface area contributed by atoms with Crippen LogP contribution in [0.15, 0.2) is 23.3 Å². The molecule has 0 spiro atoms. The standard InChI is InChI=1S/C22H36O4/c1-4-5-16-22(2,3)20(24)15-13-17-12-14-19(23)18(17)10-8-6-7-9-11-21(25)26/h13,15,20,24H,4-12,14,16H2,1-3H3,(H,25,26)/t20-/m1/s1. The van der Waals surface area contributed by atoms with Crippen molar-refractivity contribution in [2.45, 2.75) is 97.5 Å². The largest absolute Gasteiger partial charge is 0.481 e. The van der Waals surface area contributed by atoms with Gasteiger partial charge in [0.15, 0.2) is 5.78 Å². The summed E-state index contributed by atoms with van der Waals surface area (Å²) >= 11 is 0. The molecular formula is C22H36O4. The smallest absolute Gasteiger partial charge is 0.303 e. The fourth-order valence-corrected chi connectivity index (χ4v) is 3.39. The minimum atomic E-state index is -0.744. The number of rotatable bonds is 13. The lowest BCUT2D eigenvalue weighted by atomic mass is 9.81. The van der Waals surface area contributed by atoms with Gasteiger partial charge in [0.05, 0.1) is 6.10 Å². The maximum atomic E-state index is 12.1. The second kappa shape index (κ2) is 11.3. The second-order valence-electron chi connectivity index (χ2n) is 8.13. The number of Topliss-reactive ketones (excluding diaryl/α,β-unsaturated/α-hetero) is 1. The van der Waals surface area contributed by atoms with E-state index >= 15 is 0 Å². The molecule has 0 heterocycles. The molecule has 0 saturated heterocycles. The van der Waals surface area contributed by atoms with Crippen molar-refractivity contribution >= 4 is 11.8 Å². The topological polar surface area (TPSA) is 74.6 Å². The van der Waals surface area contributed by atoms with Crippen LogP contribution in [0.4, 0.5) is 0 Å². The van der Waals surface area contributed by atoms with Crippen molar-refractivity contribution < 1.29 is 19.8 Å². The number of aliphatic hydroxyl groups excluding tert-OH is 1. The zero-order chi connectivity index (χ0) is 19.6. The minimum absolute atomic E-state index is 0.153. The van der Waals surface area contributed by atoms with Crippen molar-refractivity contribution in [1.82, 2.24) is 0 Å². The number of aliphatic hydroxyl groups is 1. The van der Waals surface area contributed by atoms with Crippen LogP contribution in [0.2, 0.25) is 0 Å². The van der Waals surface area contributed by atoms with Gasteiger partial charge in [0.2, 0.25) is 0 Å². The zero-order valence-corrected chi connectivity index (χ0v) is 16.7. The van der Waals surface area contributed by atoms with E-state index in [0.29, 0.717) is 12.8 Å². The van der Waals surface area contributed by atoms with E-state index in [2.05, 4.69) is 20.8 Å². The number of carbonyl (C=O) groups excluding carboxylic acids is 1. The molecule has 0 unspecified atom stereocenters. The first-order valence-electron chi connectivity index (χ1n) is 10.1. The fraction of sp³-hybridized carbons (Fsp3) is 0.727. The Morgan fingerprint density at radius 2 is 1.85 bits per heavy atom. The summed E-state index contributed by atoms with van der Waals surface area (Å²) in [5, 5.41) is 19.1. The molecule has 4 nitrogen and oxygen atoms in total. The van der Waals surface area contributed by atoms with Crippen LogP contribution in [0.3, 0.4) is 0 Å². The van der Waals surface area contributed by atoms with E-state index in [1.165, 1.54) is 0 Å². The van der Waals surface area contributed by atoms with Crippen molar-refractivity contribution in [2.75, 3.05) is 0 Å². The van der Waals surface area contributed by atoms with E-state index in [0.717, 1.165) is 62.5 Å². The Hall–Kier alpha value is -1.42. The average molecular weight is 365 g/mol. The summed E-state index contributed by atoms with van der Waals surface area (Å²) in [6.45, 7) is 6.33. The lowest BCUT2D eigenvalue weighted by molar-refractivity contribution is -0.137. The summed E-state index contributed by atoms with van der Waals surface area (Å²) in [6.07, 6.45) is 12.3. The van der Waals surface area contributed by atoms with Crippen molar-refractivity contribution in [2.24, 2.45) is 5.41 Å². The molecule has 4 heteroatoms. The van der Waals surface area contributed by atoms with Crippen molar-refractivity contribution in [3.05, 3.63) is 23.3 Å². The Balaban J connectivity index is 2.55. The van der Waals surface area contributed by atoms with Crippen LogP contribution in [0.5, 0.6) is 0 Å². The molecule has 1 aliphatic carbocycles. The third-order valence-electron chi connectivity index (χ3n) is 5.37. The number of unbranched alkanes of at least 4 members (excludes halogenated alkanes) is 4. The monoisotopic (exact) mass is 364 g/mol. The van der Waals surface area contributed by atoms with Crippen LogP contribution >= 0.6 is 0 Å². The van der Waals surface area contributed by atoms with Gasteiger partial charge in [-0.15, -0.1) is 0 Å². The third-order valence-corrected chi connectivity index (χ3v) is 5.37. The van der Waals surface area contributed by atoms with Gasteiger partial charge in [-0.2, -0.15) is 0 Å². The normalized spacial score (nSPS) is 16.7. The Bertz CT molecular complexity index is 528. The van der Waals surface area contributed by atoms with Crippen LogP contribution in [-0.2, 0) is 9.59 Å². The quantitative estimate of drug-likeness (QED) is 0.440. The third kappa shape index (κ3) is 7.86. The zero-order valence-electron chi connectivity index (χ0n) is 16.7. The van der Waals surface area contributed by atoms with Crippen LogP contribution in [0.25, 0.3) is 0 Å². The number of carboxylic acid groups (broad SMARTS) is 1. The van der Waals surface area contributed by atoms with Crippen molar-refractivity contribution in [3.63, 3.8) is 0 Å². The van der Waals surface area contributed by atoms with Crippen LogP contribution < -0.4 is 0 Å². The Morgan fingerprint density at radius 3 is 2.50 bits per heavy atom. The van der Waals surface area contributed by atoms with E-state index in [4.69, 9.17) is 5.11 Å². The van der Waals surface area contributed by atoms with E-state index in [1.54, 1.807) is 0 Å². The maximum Gasteiger partial charge on any atom is 0.303 e. The maximum absolute atomic E-state index is 12.1. The average Bonchev–Trinajstić information content (AvgIpc) is 2.93. The fourth-order valence-electron chi connectivity index (χ4n) is 3.39. The first-order valence-corrected chi connectivity index (χ1v) is 10.1. The highest BCUT2D eigenvalue weighted by Crippen LogP contribution is 2.31. The molecular weight excluding hydrogens is 328 g/mol. The number of allylic oxidation sites excluding steroid dienone is 3. The van der Waals surface area contributed by atoms with Gasteiger partial charge in [-0.1, -0.05) is 58.6 Å². The molecule has 1 aliphatic rings. The van der Waals surface area contributed by atoms with Gasteiger partial charge in [-0.25, -0.2) is 0 Å². The summed E-state index contributed by atoms with van der Waals surface area (Å²) in [7, 11) is 0. The lowest BCUT2D eigenvalue weighted by Crippen LogP contribution is -2.27. The number of hydrogen-bond donors (Lipinski definition) is 2. The van der Waals surface area contributed by atoms with E-state index in [9.17, 15) is 14.7 Å². The molecule has 0 aromatic carbocycles. The van der Waals surface area contributed by atoms with Crippen LogP contribution in [0.1, 0.15) is 91.4 Å². The molecule has 0 aromatic rings. The molecule has 26 heavy (non-hydrogen) atoms. The van der Waals surface area contributed by atoms with E-state index < -0.39 is 12.1 Å². The highest BCUT2D eigenvalue weighted by molar-refractivity contribution is 5.99. The van der Waals surface area contributed by atoms with Crippen molar-refractivity contribution in [1.29, 1.82) is 0 Å². The molecule has 0 fully saturated rings. The summed E-state index contributed by atoms with van der Waals surface area (Å²) in [6, 6.07) is 0. The number of ketones is 1. The highest BCUT2D eigenvalue weighted by Gasteiger charge is 2.26. The molecule has 0 radical (unpaired) electrons. The predicted molar refractivity (Wildman–Crippen MR) is 105 cm³/mol. The van der Waals surface area contributed by atoms with Crippen molar-refractivity contribution in [3.8, 4) is 0 Å². The number of aliphatic carboxylic acids is 1. The van der Waals surface area contributed by atoms with Gasteiger partial charge in [-0.05, 0) is 48.7 Å². The number of carbonyl (C=O) groups is 2. The summed E-state index contributed by atoms with van der Waals surface area (Å²) in [4.78, 5) is 22.6. The molecule has 0 bridgehead atoms. The molecule has 1 atom stereocenters. The van der Waals surface area contributed by atoms with Crippen LogP contribution in [0, 0.1) is 5.41 Å². The number of hydrogen-bond acceptors (Lipinski definition) is 3. The summed E-state index contributed by atoms with van der Waals surface area (Å²) in [5.41, 5.74) is 1.84. The molecule has 1 rings (SSSR count). The molecule has 2 N–H and O–H groups in total. The summed E-state index contributed by atoms with van der Waals surface area (Å²) in [5.74, 6) is -0.513. The molecule has 148 valence electrons. The van der Waals surface area contributed by atoms with Gasteiger partial charge < -0.3 is 10.2 Å². The lowest BCUT2D eigenvalue weighted by Gasteiger charge is -2.28. The van der Waals surface area contributed by atoms with Gasteiger partial charge in [-0.3, -0.25) is 9.59 Å². The van der Waals surface area contributed by atoms with E-state index in [1.807, 2.05) is 12.2 Å². The molecule has 0 aromatic heterocycles. The Kier molecular flexibility index (Phi) is 9.85. The van der Waals surface area contributed by atoms with E-state index in [-0.39, 0.29) is 17.6 Å². The van der Waals surface area contributed by atoms with Gasteiger partial charge in [0, 0.05) is 12.8 Å². The van der Waals surface area contributed by atoms with Gasteiger partial charge >= 0.3 is 5.97 Å². The SMILES string of the molecule is CCCCC(C)(C)[C@H](O)C=CC1=C(CCCCCCC(=O)O)C(=O)CC1. The molecule has 0 saturated carbocycles.